The second-order valence-electron chi connectivity index (χ2n) is 5.00. The van der Waals surface area contributed by atoms with Crippen molar-refractivity contribution in [2.45, 2.75) is 57.3 Å². The Morgan fingerprint density at radius 2 is 2.12 bits per heavy atom. The summed E-state index contributed by atoms with van der Waals surface area (Å²) in [6, 6.07) is 0.323. The fraction of sp³-hybridized carbons (Fsp3) is 1.00. The van der Waals surface area contributed by atoms with Crippen molar-refractivity contribution in [3.05, 3.63) is 0 Å². The van der Waals surface area contributed by atoms with Crippen LogP contribution >= 0.6 is 0 Å². The molecule has 0 heterocycles. The molecule has 0 spiro atoms. The highest BCUT2D eigenvalue weighted by Crippen LogP contribution is 2.22. The smallest absolute Gasteiger partial charge is 0.0709 e. The molecule has 0 aromatic carbocycles. The van der Waals surface area contributed by atoms with Gasteiger partial charge in [0.25, 0.3) is 0 Å². The third-order valence-electron chi connectivity index (χ3n) is 3.73. The Hall–Kier alpha value is -0.160. The summed E-state index contributed by atoms with van der Waals surface area (Å²) in [5, 5.41) is 9.97. The lowest BCUT2D eigenvalue weighted by atomic mass is 9.91. The molecule has 102 valence electrons. The highest BCUT2D eigenvalue weighted by atomic mass is 16.5. The summed E-state index contributed by atoms with van der Waals surface area (Å²) in [6.07, 6.45) is 5.40. The molecule has 1 saturated carbocycles. The highest BCUT2D eigenvalue weighted by Gasteiger charge is 2.26. The van der Waals surface area contributed by atoms with Crippen LogP contribution in [-0.4, -0.2) is 55.0 Å². The van der Waals surface area contributed by atoms with Crippen molar-refractivity contribution in [2.75, 3.05) is 26.7 Å². The fourth-order valence-corrected chi connectivity index (χ4v) is 2.62. The minimum atomic E-state index is -0.155. The Bertz CT molecular complexity index is 202. The zero-order valence-corrected chi connectivity index (χ0v) is 11.3. The first kappa shape index (κ1) is 14.9. The highest BCUT2D eigenvalue weighted by molar-refractivity contribution is 4.81. The number of nitrogens with zero attached hydrogens (tertiary/aromatic N) is 1. The maximum atomic E-state index is 9.97. The van der Waals surface area contributed by atoms with E-state index in [1.807, 2.05) is 6.92 Å². The molecule has 3 unspecified atom stereocenters. The molecule has 4 heteroatoms. The summed E-state index contributed by atoms with van der Waals surface area (Å²) in [4.78, 5) is 2.27. The van der Waals surface area contributed by atoms with Crippen LogP contribution in [0.5, 0.6) is 0 Å². The predicted molar refractivity (Wildman–Crippen MR) is 70.0 cm³/mol. The van der Waals surface area contributed by atoms with Crippen LogP contribution in [0.4, 0.5) is 0 Å². The zero-order chi connectivity index (χ0) is 12.7. The normalized spacial score (nSPS) is 27.4. The molecule has 0 aromatic heterocycles. The molecule has 0 radical (unpaired) electrons. The average Bonchev–Trinajstić information content (AvgIpc) is 2.34. The second kappa shape index (κ2) is 8.03. The van der Waals surface area contributed by atoms with Crippen molar-refractivity contribution < 1.29 is 9.84 Å². The van der Waals surface area contributed by atoms with Gasteiger partial charge in [-0.1, -0.05) is 12.8 Å². The van der Waals surface area contributed by atoms with Gasteiger partial charge in [0.05, 0.1) is 12.2 Å². The molecule has 3 N–H and O–H groups in total. The van der Waals surface area contributed by atoms with E-state index >= 15 is 0 Å². The van der Waals surface area contributed by atoms with Crippen LogP contribution in [0.3, 0.4) is 0 Å². The van der Waals surface area contributed by atoms with Gasteiger partial charge in [-0.2, -0.15) is 0 Å². The lowest BCUT2D eigenvalue weighted by Crippen LogP contribution is -2.44. The van der Waals surface area contributed by atoms with E-state index in [0.29, 0.717) is 12.6 Å². The monoisotopic (exact) mass is 244 g/mol. The number of hydrogen-bond donors (Lipinski definition) is 2. The molecule has 0 bridgehead atoms. The molecule has 1 aliphatic carbocycles. The summed E-state index contributed by atoms with van der Waals surface area (Å²) >= 11 is 0. The number of aliphatic hydroxyl groups is 1. The Labute approximate surface area is 105 Å². The molecule has 0 saturated heterocycles. The van der Waals surface area contributed by atoms with Crippen molar-refractivity contribution in [3.8, 4) is 0 Å². The SMILES string of the molecule is CCOC(CN)CCN(C)C1CCCCC1O. The molecule has 17 heavy (non-hydrogen) atoms. The van der Waals surface area contributed by atoms with E-state index in [1.54, 1.807) is 0 Å². The number of nitrogens with two attached hydrogens (primary N) is 1. The van der Waals surface area contributed by atoms with Gasteiger partial charge in [0.2, 0.25) is 0 Å². The van der Waals surface area contributed by atoms with Gasteiger partial charge in [0, 0.05) is 25.7 Å². The molecule has 1 rings (SSSR count). The topological polar surface area (TPSA) is 58.7 Å². The first-order valence-electron chi connectivity index (χ1n) is 6.89. The lowest BCUT2D eigenvalue weighted by Gasteiger charge is -2.35. The van der Waals surface area contributed by atoms with Crippen molar-refractivity contribution >= 4 is 0 Å². The summed E-state index contributed by atoms with van der Waals surface area (Å²) < 4.78 is 5.54. The van der Waals surface area contributed by atoms with E-state index in [-0.39, 0.29) is 12.2 Å². The lowest BCUT2D eigenvalue weighted by molar-refractivity contribution is 0.0153. The molecule has 1 aliphatic rings. The number of hydrogen-bond acceptors (Lipinski definition) is 4. The molecule has 0 aromatic rings. The molecule has 3 atom stereocenters. The van der Waals surface area contributed by atoms with Crippen molar-refractivity contribution in [1.29, 1.82) is 0 Å². The number of aliphatic hydroxyl groups excluding tert-OH is 1. The molecule has 4 nitrogen and oxygen atoms in total. The van der Waals surface area contributed by atoms with E-state index in [2.05, 4.69) is 11.9 Å². The van der Waals surface area contributed by atoms with Gasteiger partial charge in [-0.05, 0) is 33.2 Å². The molecular weight excluding hydrogens is 216 g/mol. The Morgan fingerprint density at radius 3 is 2.71 bits per heavy atom. The summed E-state index contributed by atoms with van der Waals surface area (Å²) in [5.74, 6) is 0. The van der Waals surface area contributed by atoms with E-state index in [9.17, 15) is 5.11 Å². The van der Waals surface area contributed by atoms with Gasteiger partial charge in [0.15, 0.2) is 0 Å². The Morgan fingerprint density at radius 1 is 1.41 bits per heavy atom. The fourth-order valence-electron chi connectivity index (χ4n) is 2.62. The molecular formula is C13H28N2O2. The minimum absolute atomic E-state index is 0.155. The van der Waals surface area contributed by atoms with Crippen molar-refractivity contribution in [3.63, 3.8) is 0 Å². The van der Waals surface area contributed by atoms with Gasteiger partial charge >= 0.3 is 0 Å². The van der Waals surface area contributed by atoms with Gasteiger partial charge in [0.1, 0.15) is 0 Å². The summed E-state index contributed by atoms with van der Waals surface area (Å²) in [5.41, 5.74) is 5.66. The van der Waals surface area contributed by atoms with Crippen LogP contribution < -0.4 is 5.73 Å². The predicted octanol–water partition coefficient (Wildman–Crippen LogP) is 0.976. The first-order valence-corrected chi connectivity index (χ1v) is 6.89. The largest absolute Gasteiger partial charge is 0.391 e. The van der Waals surface area contributed by atoms with Crippen molar-refractivity contribution in [2.24, 2.45) is 5.73 Å². The van der Waals surface area contributed by atoms with Gasteiger partial charge in [-0.3, -0.25) is 0 Å². The first-order chi connectivity index (χ1) is 8.19. The molecule has 0 amide bonds. The summed E-state index contributed by atoms with van der Waals surface area (Å²) in [6.45, 7) is 4.24. The van der Waals surface area contributed by atoms with E-state index in [0.717, 1.165) is 38.8 Å². The maximum Gasteiger partial charge on any atom is 0.0709 e. The average molecular weight is 244 g/mol. The van der Waals surface area contributed by atoms with Crippen LogP contribution in [0.15, 0.2) is 0 Å². The van der Waals surface area contributed by atoms with Crippen LogP contribution in [0.25, 0.3) is 0 Å². The molecule has 0 aliphatic heterocycles. The van der Waals surface area contributed by atoms with E-state index in [4.69, 9.17) is 10.5 Å². The van der Waals surface area contributed by atoms with Crippen LogP contribution in [0, 0.1) is 0 Å². The second-order valence-corrected chi connectivity index (χ2v) is 5.00. The Kier molecular flexibility index (Phi) is 7.04. The van der Waals surface area contributed by atoms with E-state index in [1.165, 1.54) is 6.42 Å². The van der Waals surface area contributed by atoms with E-state index < -0.39 is 0 Å². The van der Waals surface area contributed by atoms with Crippen LogP contribution in [0.1, 0.15) is 39.0 Å². The number of likely N-dealkylation sites (N-methyl/N-ethyl adjacent to an activating group) is 1. The third-order valence-corrected chi connectivity index (χ3v) is 3.73. The van der Waals surface area contributed by atoms with Gasteiger partial charge < -0.3 is 20.5 Å². The summed E-state index contributed by atoms with van der Waals surface area (Å²) in [7, 11) is 2.10. The zero-order valence-electron chi connectivity index (χ0n) is 11.3. The van der Waals surface area contributed by atoms with Crippen LogP contribution in [-0.2, 0) is 4.74 Å². The minimum Gasteiger partial charge on any atom is -0.391 e. The Balaban J connectivity index is 2.29. The van der Waals surface area contributed by atoms with Crippen LogP contribution in [0.2, 0.25) is 0 Å². The molecule has 1 fully saturated rings. The van der Waals surface area contributed by atoms with Gasteiger partial charge in [-0.25, -0.2) is 0 Å². The number of rotatable bonds is 7. The van der Waals surface area contributed by atoms with Crippen molar-refractivity contribution in [1.82, 2.24) is 4.90 Å². The standard InChI is InChI=1S/C13H28N2O2/c1-3-17-11(10-14)8-9-15(2)12-6-4-5-7-13(12)16/h11-13,16H,3-10,14H2,1-2H3. The van der Waals surface area contributed by atoms with Gasteiger partial charge in [-0.15, -0.1) is 0 Å². The third kappa shape index (κ3) is 4.92. The number of ether oxygens (including phenoxy) is 1. The maximum absolute atomic E-state index is 9.97. The quantitative estimate of drug-likeness (QED) is 0.701.